The third kappa shape index (κ3) is 5.80. The van der Waals surface area contributed by atoms with Gasteiger partial charge in [-0.2, -0.15) is 0 Å². The van der Waals surface area contributed by atoms with E-state index in [4.69, 9.17) is 5.11 Å². The van der Waals surface area contributed by atoms with E-state index in [1.807, 2.05) is 0 Å². The largest absolute Gasteiger partial charge is 0.379 e. The fourth-order valence-electron chi connectivity index (χ4n) is 0.636. The predicted molar refractivity (Wildman–Crippen MR) is 39.1 cm³/mol. The van der Waals surface area contributed by atoms with Crippen molar-refractivity contribution in [3.63, 3.8) is 0 Å². The normalized spacial score (nSPS) is 14.3. The fourth-order valence-corrected chi connectivity index (χ4v) is 0.636. The smallest absolute Gasteiger partial charge is 0.104 e. The molecule has 2 N–H and O–H groups in total. The molecule has 0 aromatic carbocycles. The first kappa shape index (κ1) is 8.92. The van der Waals surface area contributed by atoms with Crippen LogP contribution in [0.1, 0.15) is 26.7 Å². The van der Waals surface area contributed by atoms with Crippen molar-refractivity contribution in [3.05, 3.63) is 0 Å². The summed E-state index contributed by atoms with van der Waals surface area (Å²) in [5, 5.41) is 11.8. The van der Waals surface area contributed by atoms with Crippen LogP contribution in [-0.2, 0) is 0 Å². The van der Waals surface area contributed by atoms with Crippen molar-refractivity contribution in [2.24, 2.45) is 5.92 Å². The average Bonchev–Trinajstić information content (AvgIpc) is 1.83. The summed E-state index contributed by atoms with van der Waals surface area (Å²) in [4.78, 5) is 0. The van der Waals surface area contributed by atoms with E-state index in [0.717, 1.165) is 12.8 Å². The van der Waals surface area contributed by atoms with Crippen molar-refractivity contribution in [1.29, 1.82) is 0 Å². The lowest BCUT2D eigenvalue weighted by atomic mass is 10.1. The number of nitrogens with one attached hydrogen (secondary N) is 1. The van der Waals surface area contributed by atoms with Crippen molar-refractivity contribution >= 4 is 0 Å². The minimum absolute atomic E-state index is 0.313. The maximum absolute atomic E-state index is 9.00. The first-order valence-corrected chi connectivity index (χ1v) is 3.52. The van der Waals surface area contributed by atoms with Gasteiger partial charge in [-0.05, 0) is 25.8 Å². The first-order chi connectivity index (χ1) is 4.16. The van der Waals surface area contributed by atoms with Crippen LogP contribution in [0, 0.1) is 5.92 Å². The molecule has 0 aromatic heterocycles. The topological polar surface area (TPSA) is 32.3 Å². The van der Waals surface area contributed by atoms with Gasteiger partial charge in [0.2, 0.25) is 0 Å². The molecule has 0 amide bonds. The molecule has 9 heavy (non-hydrogen) atoms. The van der Waals surface area contributed by atoms with Gasteiger partial charge in [0.1, 0.15) is 6.23 Å². The van der Waals surface area contributed by atoms with E-state index in [-0.39, 0.29) is 6.23 Å². The van der Waals surface area contributed by atoms with Crippen molar-refractivity contribution in [2.45, 2.75) is 32.9 Å². The number of aliphatic hydroxyl groups is 1. The second-order valence-electron chi connectivity index (χ2n) is 2.78. The minimum Gasteiger partial charge on any atom is -0.379 e. The number of rotatable bonds is 4. The molecule has 2 heteroatoms. The zero-order chi connectivity index (χ0) is 7.28. The number of aliphatic hydroxyl groups excluding tert-OH is 1. The molecule has 0 radical (unpaired) electrons. The molecular weight excluding hydrogens is 114 g/mol. The lowest BCUT2D eigenvalue weighted by molar-refractivity contribution is 0.130. The van der Waals surface area contributed by atoms with Gasteiger partial charge in [-0.1, -0.05) is 13.8 Å². The summed E-state index contributed by atoms with van der Waals surface area (Å²) in [7, 11) is 1.77. The van der Waals surface area contributed by atoms with Crippen LogP contribution in [0.3, 0.4) is 0 Å². The Labute approximate surface area is 57.3 Å². The molecule has 0 fully saturated rings. The van der Waals surface area contributed by atoms with Gasteiger partial charge in [0, 0.05) is 0 Å². The monoisotopic (exact) mass is 131 g/mol. The molecule has 0 aliphatic rings. The highest BCUT2D eigenvalue weighted by atomic mass is 16.3. The molecule has 0 heterocycles. The molecule has 1 atom stereocenters. The zero-order valence-electron chi connectivity index (χ0n) is 6.52. The van der Waals surface area contributed by atoms with Gasteiger partial charge in [0.25, 0.3) is 0 Å². The van der Waals surface area contributed by atoms with E-state index < -0.39 is 0 Å². The molecule has 1 unspecified atom stereocenters. The van der Waals surface area contributed by atoms with Gasteiger partial charge in [0.05, 0.1) is 0 Å². The Kier molecular flexibility index (Phi) is 4.72. The molecule has 0 bridgehead atoms. The van der Waals surface area contributed by atoms with Crippen LogP contribution in [0.15, 0.2) is 0 Å². The summed E-state index contributed by atoms with van der Waals surface area (Å²) in [6.45, 7) is 4.31. The maximum Gasteiger partial charge on any atom is 0.104 e. The van der Waals surface area contributed by atoms with E-state index in [1.165, 1.54) is 0 Å². The summed E-state index contributed by atoms with van der Waals surface area (Å²) in [5.74, 6) is 0.688. The van der Waals surface area contributed by atoms with Crippen LogP contribution in [0.25, 0.3) is 0 Å². The van der Waals surface area contributed by atoms with Crippen molar-refractivity contribution in [1.82, 2.24) is 5.32 Å². The van der Waals surface area contributed by atoms with Crippen LogP contribution in [0.4, 0.5) is 0 Å². The molecule has 0 spiro atoms. The summed E-state index contributed by atoms with van der Waals surface area (Å²) < 4.78 is 0. The Morgan fingerprint density at radius 1 is 1.33 bits per heavy atom. The molecule has 0 rings (SSSR count). The molecule has 56 valence electrons. The molecule has 2 nitrogen and oxygen atoms in total. The highest BCUT2D eigenvalue weighted by molar-refractivity contribution is 4.51. The van der Waals surface area contributed by atoms with Crippen molar-refractivity contribution in [3.8, 4) is 0 Å². The Hall–Kier alpha value is -0.0800. The van der Waals surface area contributed by atoms with Crippen LogP contribution < -0.4 is 5.32 Å². The predicted octanol–water partition coefficient (Wildman–Crippen LogP) is 0.960. The quantitative estimate of drug-likeness (QED) is 0.557. The number of hydrogen-bond acceptors (Lipinski definition) is 2. The van der Waals surface area contributed by atoms with Gasteiger partial charge in [-0.3, -0.25) is 5.32 Å². The number of hydrogen-bond donors (Lipinski definition) is 2. The van der Waals surface area contributed by atoms with E-state index in [2.05, 4.69) is 19.2 Å². The van der Waals surface area contributed by atoms with Crippen LogP contribution in [-0.4, -0.2) is 18.4 Å². The van der Waals surface area contributed by atoms with Crippen LogP contribution in [0.2, 0.25) is 0 Å². The molecule has 0 aromatic rings. The minimum atomic E-state index is -0.313. The Morgan fingerprint density at radius 3 is 2.22 bits per heavy atom. The van der Waals surface area contributed by atoms with Crippen LogP contribution >= 0.6 is 0 Å². The summed E-state index contributed by atoms with van der Waals surface area (Å²) in [5.41, 5.74) is 0. The second-order valence-corrected chi connectivity index (χ2v) is 2.78. The van der Waals surface area contributed by atoms with E-state index in [0.29, 0.717) is 5.92 Å². The van der Waals surface area contributed by atoms with E-state index in [1.54, 1.807) is 7.05 Å². The van der Waals surface area contributed by atoms with E-state index in [9.17, 15) is 0 Å². The summed E-state index contributed by atoms with van der Waals surface area (Å²) >= 11 is 0. The third-order valence-corrected chi connectivity index (χ3v) is 1.35. The molecular formula is C7H17NO. The first-order valence-electron chi connectivity index (χ1n) is 3.52. The van der Waals surface area contributed by atoms with E-state index >= 15 is 0 Å². The second kappa shape index (κ2) is 4.77. The van der Waals surface area contributed by atoms with Crippen molar-refractivity contribution in [2.75, 3.05) is 7.05 Å². The zero-order valence-corrected chi connectivity index (χ0v) is 6.52. The Balaban J connectivity index is 3.06. The summed E-state index contributed by atoms with van der Waals surface area (Å²) in [6, 6.07) is 0. The molecule has 0 saturated carbocycles. The standard InChI is InChI=1S/C7H17NO/c1-6(2)4-5-7(9)8-3/h6-9H,4-5H2,1-3H3. The van der Waals surface area contributed by atoms with Gasteiger partial charge in [-0.25, -0.2) is 0 Å². The van der Waals surface area contributed by atoms with Crippen molar-refractivity contribution < 1.29 is 5.11 Å². The molecule has 0 aliphatic carbocycles. The molecule has 0 aliphatic heterocycles. The van der Waals surface area contributed by atoms with Gasteiger partial charge < -0.3 is 5.11 Å². The Morgan fingerprint density at radius 2 is 1.89 bits per heavy atom. The SMILES string of the molecule is CNC(O)CCC(C)C. The third-order valence-electron chi connectivity index (χ3n) is 1.35. The molecule has 0 saturated heterocycles. The lowest BCUT2D eigenvalue weighted by Crippen LogP contribution is -2.24. The summed E-state index contributed by atoms with van der Waals surface area (Å²) in [6.07, 6.45) is 1.63. The fraction of sp³-hybridized carbons (Fsp3) is 1.00. The maximum atomic E-state index is 9.00. The van der Waals surface area contributed by atoms with Crippen LogP contribution in [0.5, 0.6) is 0 Å². The Bertz CT molecular complexity index is 63.9. The van der Waals surface area contributed by atoms with Gasteiger partial charge in [-0.15, -0.1) is 0 Å². The van der Waals surface area contributed by atoms with Gasteiger partial charge in [0.15, 0.2) is 0 Å². The highest BCUT2D eigenvalue weighted by Crippen LogP contribution is 2.04. The lowest BCUT2D eigenvalue weighted by Gasteiger charge is -2.09. The highest BCUT2D eigenvalue weighted by Gasteiger charge is 2.00. The van der Waals surface area contributed by atoms with Gasteiger partial charge >= 0.3 is 0 Å². The average molecular weight is 131 g/mol.